The normalized spacial score (nSPS) is 12.8. The Labute approximate surface area is 113 Å². The number of aromatic nitrogens is 1. The molecule has 1 atom stereocenters. The van der Waals surface area contributed by atoms with E-state index < -0.39 is 12.3 Å². The molecule has 0 radical (unpaired) electrons. The number of pyridine rings is 1. The van der Waals surface area contributed by atoms with Crippen LogP contribution in [0.3, 0.4) is 0 Å². The van der Waals surface area contributed by atoms with Gasteiger partial charge in [-0.05, 0) is 24.3 Å². The zero-order chi connectivity index (χ0) is 14.6. The van der Waals surface area contributed by atoms with Crippen molar-refractivity contribution in [1.82, 2.24) is 4.98 Å². The average Bonchev–Trinajstić information content (AvgIpc) is 2.45. The van der Waals surface area contributed by atoms with E-state index in [0.29, 0.717) is 6.29 Å². The molecule has 6 heteroatoms. The van der Waals surface area contributed by atoms with E-state index in [1.165, 1.54) is 48.7 Å². The monoisotopic (exact) mass is 281 g/mol. The number of carbonyl (C=O) groups excluding carboxylic acids is 1. The lowest BCUT2D eigenvalue weighted by Gasteiger charge is -2.21. The van der Waals surface area contributed by atoms with Gasteiger partial charge in [0.15, 0.2) is 0 Å². The molecule has 2 rings (SSSR count). The van der Waals surface area contributed by atoms with Crippen molar-refractivity contribution in [3.05, 3.63) is 59.9 Å². The number of alkyl halides is 3. The summed E-state index contributed by atoms with van der Waals surface area (Å²) < 4.78 is 44.1. The molecule has 1 aromatic carbocycles. The summed E-state index contributed by atoms with van der Waals surface area (Å²) in [6, 6.07) is 9.73. The molecular formula is C14H10F3NO2. The maximum absolute atomic E-state index is 13.0. The molecule has 104 valence electrons. The van der Waals surface area contributed by atoms with Gasteiger partial charge in [-0.25, -0.2) is 0 Å². The number of halogens is 3. The Kier molecular flexibility index (Phi) is 4.02. The fourth-order valence-electron chi connectivity index (χ4n) is 1.62. The molecule has 1 heterocycles. The van der Waals surface area contributed by atoms with E-state index in [-0.39, 0.29) is 17.0 Å². The second-order valence-electron chi connectivity index (χ2n) is 3.98. The SMILES string of the molecule is O=Cc1cccc(OC(c2ccccn2)C(F)(F)F)c1. The molecule has 20 heavy (non-hydrogen) atoms. The van der Waals surface area contributed by atoms with Gasteiger partial charge in [0.2, 0.25) is 6.10 Å². The second kappa shape index (κ2) is 5.73. The highest BCUT2D eigenvalue weighted by molar-refractivity contribution is 5.75. The molecule has 0 aliphatic heterocycles. The van der Waals surface area contributed by atoms with Crippen molar-refractivity contribution in [2.24, 2.45) is 0 Å². The van der Waals surface area contributed by atoms with Crippen LogP contribution in [-0.4, -0.2) is 17.4 Å². The molecule has 0 aliphatic rings. The Balaban J connectivity index is 2.31. The van der Waals surface area contributed by atoms with Crippen LogP contribution in [0.25, 0.3) is 0 Å². The fourth-order valence-corrected chi connectivity index (χ4v) is 1.62. The molecule has 0 spiro atoms. The van der Waals surface area contributed by atoms with Crippen molar-refractivity contribution in [3.63, 3.8) is 0 Å². The molecule has 0 aliphatic carbocycles. The lowest BCUT2D eigenvalue weighted by molar-refractivity contribution is -0.199. The maximum Gasteiger partial charge on any atom is 0.431 e. The first-order chi connectivity index (χ1) is 9.50. The Morgan fingerprint density at radius 3 is 2.55 bits per heavy atom. The standard InChI is InChI=1S/C14H10F3NO2/c15-14(16,17)13(12-6-1-2-7-18-12)20-11-5-3-4-10(8-11)9-19/h1-9,13H. The molecule has 2 aromatic rings. The first kappa shape index (κ1) is 14.0. The van der Waals surface area contributed by atoms with Gasteiger partial charge in [-0.1, -0.05) is 18.2 Å². The Bertz CT molecular complexity index is 584. The molecule has 1 unspecified atom stereocenters. The van der Waals surface area contributed by atoms with Gasteiger partial charge in [-0.2, -0.15) is 13.2 Å². The van der Waals surface area contributed by atoms with E-state index >= 15 is 0 Å². The van der Waals surface area contributed by atoms with Gasteiger partial charge in [0.1, 0.15) is 12.0 Å². The Morgan fingerprint density at radius 1 is 1.15 bits per heavy atom. The van der Waals surface area contributed by atoms with E-state index in [9.17, 15) is 18.0 Å². The summed E-state index contributed by atoms with van der Waals surface area (Å²) in [5.41, 5.74) is 0.000881. The summed E-state index contributed by atoms with van der Waals surface area (Å²) in [4.78, 5) is 14.3. The molecule has 0 saturated carbocycles. The quantitative estimate of drug-likeness (QED) is 0.804. The summed E-state index contributed by atoms with van der Waals surface area (Å²) in [5.74, 6) is -0.0393. The second-order valence-corrected chi connectivity index (χ2v) is 3.98. The van der Waals surface area contributed by atoms with Gasteiger partial charge in [0.25, 0.3) is 0 Å². The molecule has 0 bridgehead atoms. The first-order valence-electron chi connectivity index (χ1n) is 5.70. The van der Waals surface area contributed by atoms with Crippen LogP contribution >= 0.6 is 0 Å². The molecule has 0 amide bonds. The van der Waals surface area contributed by atoms with Crippen molar-refractivity contribution in [2.75, 3.05) is 0 Å². The topological polar surface area (TPSA) is 39.2 Å². The Morgan fingerprint density at radius 2 is 1.95 bits per heavy atom. The third-order valence-electron chi connectivity index (χ3n) is 2.50. The number of rotatable bonds is 4. The summed E-state index contributed by atoms with van der Waals surface area (Å²) in [5, 5.41) is 0. The predicted molar refractivity (Wildman–Crippen MR) is 65.5 cm³/mol. The van der Waals surface area contributed by atoms with E-state index in [2.05, 4.69) is 4.98 Å². The number of carbonyl (C=O) groups is 1. The maximum atomic E-state index is 13.0. The predicted octanol–water partition coefficient (Wildman–Crippen LogP) is 3.58. The van der Waals surface area contributed by atoms with Gasteiger partial charge in [-0.15, -0.1) is 0 Å². The number of ether oxygens (including phenoxy) is 1. The van der Waals surface area contributed by atoms with Crippen LogP contribution in [-0.2, 0) is 0 Å². The van der Waals surface area contributed by atoms with Crippen molar-refractivity contribution < 1.29 is 22.7 Å². The number of benzene rings is 1. The van der Waals surface area contributed by atoms with Crippen molar-refractivity contribution >= 4 is 6.29 Å². The van der Waals surface area contributed by atoms with Crippen molar-refractivity contribution in [3.8, 4) is 5.75 Å². The number of nitrogens with zero attached hydrogens (tertiary/aromatic N) is 1. The largest absolute Gasteiger partial charge is 0.474 e. The number of hydrogen-bond donors (Lipinski definition) is 0. The van der Waals surface area contributed by atoms with Crippen molar-refractivity contribution in [1.29, 1.82) is 0 Å². The van der Waals surface area contributed by atoms with Gasteiger partial charge in [-0.3, -0.25) is 9.78 Å². The van der Waals surface area contributed by atoms with Gasteiger partial charge in [0, 0.05) is 11.8 Å². The smallest absolute Gasteiger partial charge is 0.431 e. The Hall–Kier alpha value is -2.37. The van der Waals surface area contributed by atoms with Crippen LogP contribution < -0.4 is 4.74 Å². The summed E-state index contributed by atoms with van der Waals surface area (Å²) in [6.45, 7) is 0. The minimum absolute atomic E-state index is 0.0393. The fraction of sp³-hybridized carbons (Fsp3) is 0.143. The summed E-state index contributed by atoms with van der Waals surface area (Å²) in [7, 11) is 0. The van der Waals surface area contributed by atoms with E-state index in [1.807, 2.05) is 0 Å². The van der Waals surface area contributed by atoms with E-state index in [1.54, 1.807) is 0 Å². The molecule has 3 nitrogen and oxygen atoms in total. The molecule has 0 N–H and O–H groups in total. The van der Waals surface area contributed by atoms with Crippen LogP contribution in [0.2, 0.25) is 0 Å². The van der Waals surface area contributed by atoms with Gasteiger partial charge >= 0.3 is 6.18 Å². The average molecular weight is 281 g/mol. The highest BCUT2D eigenvalue weighted by Crippen LogP contribution is 2.35. The molecule has 1 aromatic heterocycles. The summed E-state index contributed by atoms with van der Waals surface area (Å²) >= 11 is 0. The van der Waals surface area contributed by atoms with Gasteiger partial charge < -0.3 is 4.74 Å². The zero-order valence-electron chi connectivity index (χ0n) is 10.2. The van der Waals surface area contributed by atoms with E-state index in [4.69, 9.17) is 4.74 Å². The minimum Gasteiger partial charge on any atom is -0.474 e. The third kappa shape index (κ3) is 3.34. The number of hydrogen-bond acceptors (Lipinski definition) is 3. The highest BCUT2D eigenvalue weighted by atomic mass is 19.4. The number of aldehydes is 1. The van der Waals surface area contributed by atoms with Crippen molar-refractivity contribution in [2.45, 2.75) is 12.3 Å². The molecular weight excluding hydrogens is 271 g/mol. The highest BCUT2D eigenvalue weighted by Gasteiger charge is 2.44. The first-order valence-corrected chi connectivity index (χ1v) is 5.70. The van der Waals surface area contributed by atoms with Gasteiger partial charge in [0.05, 0.1) is 5.69 Å². The lowest BCUT2D eigenvalue weighted by atomic mass is 10.2. The zero-order valence-corrected chi connectivity index (χ0v) is 10.2. The van der Waals surface area contributed by atoms with E-state index in [0.717, 1.165) is 0 Å². The van der Waals surface area contributed by atoms with Crippen LogP contribution in [0.15, 0.2) is 48.7 Å². The van der Waals surface area contributed by atoms with Crippen LogP contribution in [0.1, 0.15) is 22.2 Å². The third-order valence-corrected chi connectivity index (χ3v) is 2.50. The minimum atomic E-state index is -4.61. The molecule has 0 fully saturated rings. The van der Waals surface area contributed by atoms with Crippen LogP contribution in [0, 0.1) is 0 Å². The summed E-state index contributed by atoms with van der Waals surface area (Å²) in [6.07, 6.45) is -4.98. The lowest BCUT2D eigenvalue weighted by Crippen LogP contribution is -2.27. The van der Waals surface area contributed by atoms with Crippen LogP contribution in [0.4, 0.5) is 13.2 Å². The van der Waals surface area contributed by atoms with Crippen LogP contribution in [0.5, 0.6) is 5.75 Å². The molecule has 0 saturated heterocycles.